The van der Waals surface area contributed by atoms with E-state index in [0.717, 1.165) is 5.56 Å². The van der Waals surface area contributed by atoms with Gasteiger partial charge in [-0.25, -0.2) is 13.1 Å². The summed E-state index contributed by atoms with van der Waals surface area (Å²) >= 11 is 0. The number of ether oxygens (including phenoxy) is 1. The Morgan fingerprint density at radius 2 is 1.97 bits per heavy atom. The number of fused-ring (bicyclic) bond motifs is 1. The number of rotatable bonds is 13. The van der Waals surface area contributed by atoms with Crippen LogP contribution in [-0.4, -0.2) is 64.8 Å². The minimum Gasteiger partial charge on any atom is -0.497 e. The van der Waals surface area contributed by atoms with Gasteiger partial charge in [0.2, 0.25) is 21.8 Å². The smallest absolute Gasteiger partial charge is 0.245 e. The molecule has 2 aromatic rings. The lowest BCUT2D eigenvalue weighted by Gasteiger charge is -2.26. The fourth-order valence-corrected chi connectivity index (χ4v) is 5.66. The molecule has 13 heteroatoms. The molecule has 1 heterocycles. The van der Waals surface area contributed by atoms with E-state index in [4.69, 9.17) is 16.2 Å². The number of aryl methyl sites for hydroxylation is 1. The van der Waals surface area contributed by atoms with Crippen LogP contribution in [0.25, 0.3) is 0 Å². The third-order valence-electron chi connectivity index (χ3n) is 6.15. The quantitative estimate of drug-likeness (QED) is 0.116. The SMILES string of the molecule is COc1ccc2c(c1)CCC(NS(=O)(=O)Cc1ccccc1)C(=O)N2CC(=O)NC(C=O)CCCN=C(N)N. The molecule has 2 atom stereocenters. The summed E-state index contributed by atoms with van der Waals surface area (Å²) in [5, 5.41) is 2.62. The molecule has 2 aromatic carbocycles. The number of aliphatic imine (C=N–C) groups is 1. The Hall–Kier alpha value is -3.97. The average molecular weight is 559 g/mol. The molecular weight excluding hydrogens is 524 g/mol. The first-order valence-electron chi connectivity index (χ1n) is 12.4. The topological polar surface area (TPSA) is 186 Å². The number of hydrogen-bond acceptors (Lipinski definition) is 7. The molecule has 3 rings (SSSR count). The predicted molar refractivity (Wildman–Crippen MR) is 148 cm³/mol. The molecule has 0 radical (unpaired) electrons. The molecule has 2 unspecified atom stereocenters. The lowest BCUT2D eigenvalue weighted by Crippen LogP contribution is -2.51. The molecule has 1 aliphatic heterocycles. The van der Waals surface area contributed by atoms with Crippen LogP contribution >= 0.6 is 0 Å². The van der Waals surface area contributed by atoms with Crippen molar-refractivity contribution in [1.29, 1.82) is 0 Å². The zero-order valence-electron chi connectivity index (χ0n) is 21.7. The maximum atomic E-state index is 13.6. The summed E-state index contributed by atoms with van der Waals surface area (Å²) in [5.74, 6) is -0.932. The normalized spacial score (nSPS) is 16.0. The summed E-state index contributed by atoms with van der Waals surface area (Å²) in [5.41, 5.74) is 12.4. The lowest BCUT2D eigenvalue weighted by atomic mass is 10.1. The number of hydrogen-bond donors (Lipinski definition) is 4. The monoisotopic (exact) mass is 558 g/mol. The minimum absolute atomic E-state index is 0.0643. The van der Waals surface area contributed by atoms with Crippen LogP contribution in [0, 0.1) is 0 Å². The van der Waals surface area contributed by atoms with Gasteiger partial charge in [-0.15, -0.1) is 0 Å². The van der Waals surface area contributed by atoms with Gasteiger partial charge in [0.1, 0.15) is 24.6 Å². The van der Waals surface area contributed by atoms with Gasteiger partial charge >= 0.3 is 0 Å². The van der Waals surface area contributed by atoms with Crippen LogP contribution in [-0.2, 0) is 36.6 Å². The number of benzene rings is 2. The maximum Gasteiger partial charge on any atom is 0.245 e. The minimum atomic E-state index is -3.87. The van der Waals surface area contributed by atoms with Crippen molar-refractivity contribution >= 4 is 39.8 Å². The Labute approximate surface area is 227 Å². The highest BCUT2D eigenvalue weighted by atomic mass is 32.2. The van der Waals surface area contributed by atoms with Crippen molar-refractivity contribution in [3.8, 4) is 5.75 Å². The highest BCUT2D eigenvalue weighted by molar-refractivity contribution is 7.88. The van der Waals surface area contributed by atoms with Crippen molar-refractivity contribution in [3.05, 3.63) is 59.7 Å². The summed E-state index contributed by atoms with van der Waals surface area (Å²) in [6.07, 6.45) is 1.92. The summed E-state index contributed by atoms with van der Waals surface area (Å²) in [6, 6.07) is 11.8. The molecule has 0 spiro atoms. The lowest BCUT2D eigenvalue weighted by molar-refractivity contribution is -0.125. The molecule has 0 aromatic heterocycles. The Morgan fingerprint density at radius 1 is 1.23 bits per heavy atom. The maximum absolute atomic E-state index is 13.6. The van der Waals surface area contributed by atoms with Crippen molar-refractivity contribution < 1.29 is 27.5 Å². The number of guanidine groups is 1. The zero-order valence-corrected chi connectivity index (χ0v) is 22.5. The second kappa shape index (κ2) is 13.7. The summed E-state index contributed by atoms with van der Waals surface area (Å²) in [7, 11) is -2.36. The second-order valence-corrected chi connectivity index (χ2v) is 10.9. The van der Waals surface area contributed by atoms with E-state index >= 15 is 0 Å². The van der Waals surface area contributed by atoms with Crippen LogP contribution in [0.4, 0.5) is 5.69 Å². The molecule has 0 aliphatic carbocycles. The van der Waals surface area contributed by atoms with E-state index in [0.29, 0.717) is 49.1 Å². The van der Waals surface area contributed by atoms with Crippen LogP contribution in [0.2, 0.25) is 0 Å². The largest absolute Gasteiger partial charge is 0.497 e. The summed E-state index contributed by atoms with van der Waals surface area (Å²) in [6.45, 7) is -0.111. The molecule has 2 amide bonds. The number of carbonyl (C=O) groups excluding carboxylic acids is 3. The van der Waals surface area contributed by atoms with Gasteiger partial charge in [-0.05, 0) is 55.0 Å². The molecule has 1 aliphatic rings. The first-order valence-corrected chi connectivity index (χ1v) is 14.1. The number of sulfonamides is 1. The number of nitrogens with two attached hydrogens (primary N) is 2. The number of methoxy groups -OCH3 is 1. The van der Waals surface area contributed by atoms with Gasteiger partial charge in [-0.1, -0.05) is 30.3 Å². The third-order valence-corrected chi connectivity index (χ3v) is 7.50. The predicted octanol–water partition coefficient (Wildman–Crippen LogP) is 0.200. The Balaban J connectivity index is 1.78. The molecule has 12 nitrogen and oxygen atoms in total. The fraction of sp³-hybridized carbons (Fsp3) is 0.385. The third kappa shape index (κ3) is 8.79. The number of nitrogens with one attached hydrogen (secondary N) is 2. The van der Waals surface area contributed by atoms with E-state index in [1.54, 1.807) is 48.5 Å². The molecular formula is C26H34N6O6S. The molecule has 0 saturated carbocycles. The van der Waals surface area contributed by atoms with E-state index in [2.05, 4.69) is 15.0 Å². The Kier molecular flexibility index (Phi) is 10.4. The van der Waals surface area contributed by atoms with Gasteiger partial charge in [0.15, 0.2) is 5.96 Å². The standard InChI is InChI=1S/C26H34N6O6S/c1-38-21-10-12-23-19(14-21)9-11-22(31-39(36,37)17-18-6-3-2-4-7-18)25(35)32(23)15-24(34)30-20(16-33)8-5-13-29-26(27)28/h2-4,6-7,10,12,14,16,20,22,31H,5,8-9,11,13,15,17H2,1H3,(H,30,34)(H4,27,28,29). The number of amides is 2. The zero-order chi connectivity index (χ0) is 28.4. The van der Waals surface area contributed by atoms with E-state index in [-0.39, 0.29) is 18.1 Å². The van der Waals surface area contributed by atoms with Crippen LogP contribution in [0.1, 0.15) is 30.4 Å². The first-order chi connectivity index (χ1) is 18.6. The fourth-order valence-electron chi connectivity index (χ4n) is 4.30. The van der Waals surface area contributed by atoms with Crippen molar-refractivity contribution in [3.63, 3.8) is 0 Å². The van der Waals surface area contributed by atoms with Gasteiger partial charge in [0.25, 0.3) is 0 Å². The molecule has 0 bridgehead atoms. The van der Waals surface area contributed by atoms with Crippen LogP contribution in [0.15, 0.2) is 53.5 Å². The van der Waals surface area contributed by atoms with Crippen LogP contribution in [0.5, 0.6) is 5.75 Å². The van der Waals surface area contributed by atoms with Gasteiger partial charge in [-0.2, -0.15) is 0 Å². The van der Waals surface area contributed by atoms with Crippen LogP contribution < -0.4 is 31.1 Å². The second-order valence-electron chi connectivity index (χ2n) is 9.13. The number of aldehydes is 1. The van der Waals surface area contributed by atoms with E-state index in [9.17, 15) is 22.8 Å². The van der Waals surface area contributed by atoms with Crippen molar-refractivity contribution in [2.45, 2.75) is 43.5 Å². The van der Waals surface area contributed by atoms with E-state index in [1.165, 1.54) is 12.0 Å². The van der Waals surface area contributed by atoms with Gasteiger partial charge < -0.3 is 31.2 Å². The Bertz CT molecular complexity index is 1300. The molecule has 39 heavy (non-hydrogen) atoms. The molecule has 0 fully saturated rings. The van der Waals surface area contributed by atoms with Crippen molar-refractivity contribution in [2.75, 3.05) is 25.1 Å². The van der Waals surface area contributed by atoms with Gasteiger partial charge in [0.05, 0.1) is 18.9 Å². The summed E-state index contributed by atoms with van der Waals surface area (Å²) < 4.78 is 33.7. The van der Waals surface area contributed by atoms with E-state index in [1.807, 2.05) is 0 Å². The molecule has 6 N–H and O–H groups in total. The highest BCUT2D eigenvalue weighted by Crippen LogP contribution is 2.31. The molecule has 210 valence electrons. The van der Waals surface area contributed by atoms with Crippen molar-refractivity contribution in [1.82, 2.24) is 10.0 Å². The summed E-state index contributed by atoms with van der Waals surface area (Å²) in [4.78, 5) is 43.2. The highest BCUT2D eigenvalue weighted by Gasteiger charge is 2.34. The van der Waals surface area contributed by atoms with Gasteiger partial charge in [0, 0.05) is 12.2 Å². The average Bonchev–Trinajstić information content (AvgIpc) is 3.02. The Morgan fingerprint density at radius 3 is 2.64 bits per heavy atom. The van der Waals surface area contributed by atoms with E-state index < -0.39 is 40.5 Å². The number of anilines is 1. The number of carbonyl (C=O) groups is 3. The first kappa shape index (κ1) is 29.6. The van der Waals surface area contributed by atoms with Crippen molar-refractivity contribution in [2.24, 2.45) is 16.5 Å². The number of nitrogens with zero attached hydrogens (tertiary/aromatic N) is 2. The molecule has 0 saturated heterocycles. The van der Waals surface area contributed by atoms with Crippen LogP contribution in [0.3, 0.4) is 0 Å². The van der Waals surface area contributed by atoms with Gasteiger partial charge in [-0.3, -0.25) is 14.6 Å².